The first-order valence-corrected chi connectivity index (χ1v) is 14.2. The third-order valence-electron chi connectivity index (χ3n) is 7.48. The summed E-state index contributed by atoms with van der Waals surface area (Å²) in [5.74, 6) is 0.197. The Morgan fingerprint density at radius 3 is 2.50 bits per heavy atom. The number of tetrazole rings is 1. The average molecular weight is 570 g/mol. The number of H-pyrrole nitrogens is 1. The number of carbonyl (C=O) groups is 2. The van der Waals surface area contributed by atoms with E-state index in [1.54, 1.807) is 4.90 Å². The fraction of sp³-hybridized carbons (Fsp3) is 0.344. The second-order valence-electron chi connectivity index (χ2n) is 11.4. The minimum Gasteiger partial charge on any atom is -0.344 e. The standard InChI is InChI=1S/C32H36FN7O2/c1-21(33)19-34-32(2,3)18-29(41)35-27-17-16-24-8-4-7-11-28(24)40(31(27)42)20-22-12-14-23(15-13-22)25-9-5-6-10-26(25)30-36-38-39-37-30/h4-15,21,27,34H,16-20H2,1-3H3,(H,35,41)(H,36,37,38,39)/t21?,27-/m1/s1. The lowest BCUT2D eigenvalue weighted by Gasteiger charge is -2.29. The minimum absolute atomic E-state index is 0.128. The van der Waals surface area contributed by atoms with Crippen LogP contribution in [0.25, 0.3) is 22.5 Å². The monoisotopic (exact) mass is 569 g/mol. The summed E-state index contributed by atoms with van der Waals surface area (Å²) >= 11 is 0. The summed E-state index contributed by atoms with van der Waals surface area (Å²) in [5, 5.41) is 20.3. The molecule has 0 spiro atoms. The lowest BCUT2D eigenvalue weighted by molar-refractivity contribution is -0.128. The van der Waals surface area contributed by atoms with E-state index in [9.17, 15) is 14.0 Å². The number of carbonyl (C=O) groups excluding carboxylic acids is 2. The van der Waals surface area contributed by atoms with Crippen LogP contribution in [-0.2, 0) is 22.6 Å². The van der Waals surface area contributed by atoms with Crippen molar-refractivity contribution in [2.24, 2.45) is 0 Å². The average Bonchev–Trinajstić information content (AvgIpc) is 3.48. The third-order valence-corrected chi connectivity index (χ3v) is 7.48. The number of anilines is 1. The summed E-state index contributed by atoms with van der Waals surface area (Å²) < 4.78 is 13.4. The third kappa shape index (κ3) is 6.88. The summed E-state index contributed by atoms with van der Waals surface area (Å²) in [7, 11) is 0. The Bertz CT molecular complexity index is 1520. The highest BCUT2D eigenvalue weighted by Crippen LogP contribution is 2.32. The number of rotatable bonds is 10. The van der Waals surface area contributed by atoms with Gasteiger partial charge in [-0.1, -0.05) is 66.7 Å². The zero-order valence-electron chi connectivity index (χ0n) is 24.1. The number of fused-ring (bicyclic) bond motifs is 1. The van der Waals surface area contributed by atoms with Crippen molar-refractivity contribution < 1.29 is 14.0 Å². The van der Waals surface area contributed by atoms with Crippen LogP contribution in [0.3, 0.4) is 0 Å². The van der Waals surface area contributed by atoms with Gasteiger partial charge in [-0.2, -0.15) is 0 Å². The van der Waals surface area contributed by atoms with Gasteiger partial charge < -0.3 is 15.5 Å². The molecule has 3 N–H and O–H groups in total. The highest BCUT2D eigenvalue weighted by molar-refractivity contribution is 6.00. The van der Waals surface area contributed by atoms with Gasteiger partial charge in [0.1, 0.15) is 12.2 Å². The molecule has 2 atom stereocenters. The predicted molar refractivity (Wildman–Crippen MR) is 160 cm³/mol. The Labute approximate surface area is 244 Å². The quantitative estimate of drug-likeness (QED) is 0.257. The van der Waals surface area contributed by atoms with E-state index in [0.717, 1.165) is 33.5 Å². The first-order valence-electron chi connectivity index (χ1n) is 14.2. The van der Waals surface area contributed by atoms with E-state index in [1.807, 2.05) is 86.6 Å². The summed E-state index contributed by atoms with van der Waals surface area (Å²) in [4.78, 5) is 28.7. The van der Waals surface area contributed by atoms with Gasteiger partial charge in [0.2, 0.25) is 11.8 Å². The summed E-state index contributed by atoms with van der Waals surface area (Å²) in [6.45, 7) is 5.71. The van der Waals surface area contributed by atoms with Crippen molar-refractivity contribution in [2.75, 3.05) is 11.4 Å². The van der Waals surface area contributed by atoms with Crippen LogP contribution in [0.5, 0.6) is 0 Å². The maximum Gasteiger partial charge on any atom is 0.249 e. The molecule has 0 saturated carbocycles. The number of aromatic amines is 1. The number of hydrogen-bond donors (Lipinski definition) is 3. The molecule has 1 aromatic heterocycles. The fourth-order valence-electron chi connectivity index (χ4n) is 5.33. The second-order valence-corrected chi connectivity index (χ2v) is 11.4. The summed E-state index contributed by atoms with van der Waals surface area (Å²) in [5.41, 5.74) is 5.14. The van der Waals surface area contributed by atoms with Crippen molar-refractivity contribution in [3.8, 4) is 22.5 Å². The van der Waals surface area contributed by atoms with Crippen LogP contribution in [0.15, 0.2) is 72.8 Å². The van der Waals surface area contributed by atoms with Crippen LogP contribution >= 0.6 is 0 Å². The molecule has 2 heterocycles. The van der Waals surface area contributed by atoms with Gasteiger partial charge in [0.05, 0.1) is 6.54 Å². The van der Waals surface area contributed by atoms with Crippen molar-refractivity contribution in [1.29, 1.82) is 0 Å². The van der Waals surface area contributed by atoms with E-state index < -0.39 is 17.8 Å². The molecule has 3 aromatic carbocycles. The van der Waals surface area contributed by atoms with Gasteiger partial charge in [0.15, 0.2) is 5.82 Å². The summed E-state index contributed by atoms with van der Waals surface area (Å²) in [6, 6.07) is 23.2. The molecule has 4 aromatic rings. The molecule has 5 rings (SSSR count). The molecule has 42 heavy (non-hydrogen) atoms. The van der Waals surface area contributed by atoms with Crippen LogP contribution in [-0.4, -0.2) is 56.7 Å². The molecular weight excluding hydrogens is 533 g/mol. The lowest BCUT2D eigenvalue weighted by atomic mass is 9.98. The number of hydrogen-bond acceptors (Lipinski definition) is 6. The van der Waals surface area contributed by atoms with Crippen molar-refractivity contribution in [2.45, 2.75) is 64.3 Å². The zero-order valence-corrected chi connectivity index (χ0v) is 24.1. The van der Waals surface area contributed by atoms with Gasteiger partial charge in [-0.3, -0.25) is 9.59 Å². The van der Waals surface area contributed by atoms with Gasteiger partial charge >= 0.3 is 0 Å². The Morgan fingerprint density at radius 1 is 1.07 bits per heavy atom. The number of aryl methyl sites for hydroxylation is 1. The van der Waals surface area contributed by atoms with E-state index in [2.05, 4.69) is 31.3 Å². The van der Waals surface area contributed by atoms with Crippen LogP contribution < -0.4 is 15.5 Å². The minimum atomic E-state index is -1.02. The van der Waals surface area contributed by atoms with Crippen molar-refractivity contribution in [3.63, 3.8) is 0 Å². The Hall–Kier alpha value is -4.44. The van der Waals surface area contributed by atoms with Crippen molar-refractivity contribution in [1.82, 2.24) is 31.3 Å². The highest BCUT2D eigenvalue weighted by atomic mass is 19.1. The van der Waals surface area contributed by atoms with Crippen LogP contribution in [0.1, 0.15) is 44.7 Å². The second kappa shape index (κ2) is 12.6. The Balaban J connectivity index is 1.34. The lowest BCUT2D eigenvalue weighted by Crippen LogP contribution is -2.51. The molecule has 10 heteroatoms. The number of para-hydroxylation sites is 1. The van der Waals surface area contributed by atoms with Gasteiger partial charge in [-0.05, 0) is 72.4 Å². The van der Waals surface area contributed by atoms with E-state index in [-0.39, 0.29) is 24.8 Å². The molecule has 2 amide bonds. The maximum atomic E-state index is 13.9. The first-order chi connectivity index (χ1) is 20.2. The van der Waals surface area contributed by atoms with Crippen molar-refractivity contribution in [3.05, 3.63) is 83.9 Å². The zero-order chi connectivity index (χ0) is 29.7. The molecule has 0 bridgehead atoms. The Kier molecular flexibility index (Phi) is 8.72. The number of alkyl halides is 1. The summed E-state index contributed by atoms with van der Waals surface area (Å²) in [6.07, 6.45) is 0.275. The van der Waals surface area contributed by atoms with E-state index in [0.29, 0.717) is 25.2 Å². The Morgan fingerprint density at radius 2 is 1.79 bits per heavy atom. The number of nitrogens with zero attached hydrogens (tertiary/aromatic N) is 4. The molecule has 9 nitrogen and oxygen atoms in total. The van der Waals surface area contributed by atoms with Gasteiger partial charge in [-0.25, -0.2) is 9.49 Å². The highest BCUT2D eigenvalue weighted by Gasteiger charge is 2.32. The van der Waals surface area contributed by atoms with Gasteiger partial charge in [-0.15, -0.1) is 5.10 Å². The van der Waals surface area contributed by atoms with E-state index in [4.69, 9.17) is 0 Å². The first kappa shape index (κ1) is 29.1. The molecular formula is C32H36FN7O2. The van der Waals surface area contributed by atoms with Crippen LogP contribution in [0.4, 0.5) is 10.1 Å². The number of nitrogens with one attached hydrogen (secondary N) is 3. The molecule has 0 aliphatic carbocycles. The van der Waals surface area contributed by atoms with Crippen LogP contribution in [0, 0.1) is 0 Å². The molecule has 0 saturated heterocycles. The van der Waals surface area contributed by atoms with Gasteiger partial charge in [0, 0.05) is 29.8 Å². The number of benzene rings is 3. The SMILES string of the molecule is CC(F)CNC(C)(C)CC(=O)N[C@@H]1CCc2ccccc2N(Cc2ccc(-c3ccccc3-c3nnn[nH]3)cc2)C1=O. The number of aromatic nitrogens is 4. The molecule has 0 fully saturated rings. The van der Waals surface area contributed by atoms with E-state index >= 15 is 0 Å². The molecule has 218 valence electrons. The molecule has 1 unspecified atom stereocenters. The largest absolute Gasteiger partial charge is 0.344 e. The van der Waals surface area contributed by atoms with Crippen LogP contribution in [0.2, 0.25) is 0 Å². The smallest absolute Gasteiger partial charge is 0.249 e. The normalized spacial score (nSPS) is 16.0. The molecule has 1 aliphatic heterocycles. The van der Waals surface area contributed by atoms with Crippen molar-refractivity contribution >= 4 is 17.5 Å². The number of amides is 2. The van der Waals surface area contributed by atoms with E-state index in [1.165, 1.54) is 6.92 Å². The maximum absolute atomic E-state index is 13.9. The van der Waals surface area contributed by atoms with Gasteiger partial charge in [0.25, 0.3) is 0 Å². The molecule has 0 radical (unpaired) electrons. The topological polar surface area (TPSA) is 116 Å². The number of halogens is 1. The predicted octanol–water partition coefficient (Wildman–Crippen LogP) is 4.61. The molecule has 1 aliphatic rings. The fourth-order valence-corrected chi connectivity index (χ4v) is 5.33.